The Morgan fingerprint density at radius 3 is 2.15 bits per heavy atom. The van der Waals surface area contributed by atoms with Crippen molar-refractivity contribution < 1.29 is 11.7 Å². The van der Waals surface area contributed by atoms with Gasteiger partial charge in [-0.15, -0.1) is 0 Å². The van der Waals surface area contributed by atoms with E-state index in [4.69, 9.17) is 7.16 Å². The predicted molar refractivity (Wildman–Crippen MR) is 164 cm³/mol. The average molecular weight is 524 g/mol. The maximum absolute atomic E-state index is 9.95. The molecular formula is C37H33N2O+. The van der Waals surface area contributed by atoms with E-state index >= 15 is 0 Å². The fraction of sp³-hybridized carbons (Fsp3) is 0.189. The summed E-state index contributed by atoms with van der Waals surface area (Å²) in [5, 5.41) is 11.9. The van der Waals surface area contributed by atoms with Crippen LogP contribution in [-0.4, -0.2) is 0 Å². The van der Waals surface area contributed by atoms with Gasteiger partial charge in [0.15, 0.2) is 6.20 Å². The van der Waals surface area contributed by atoms with E-state index in [1.54, 1.807) is 0 Å². The molecule has 0 aliphatic carbocycles. The van der Waals surface area contributed by atoms with Gasteiger partial charge in [0.05, 0.1) is 17.2 Å². The van der Waals surface area contributed by atoms with Crippen LogP contribution < -0.4 is 4.57 Å². The lowest BCUT2D eigenvalue weighted by Crippen LogP contribution is -2.30. The summed E-state index contributed by atoms with van der Waals surface area (Å²) in [6.07, 6.45) is 0.606. The molecule has 6 aromatic rings. The van der Waals surface area contributed by atoms with Gasteiger partial charge in [-0.2, -0.15) is 5.26 Å². The van der Waals surface area contributed by atoms with Gasteiger partial charge in [0.1, 0.15) is 18.2 Å². The maximum Gasteiger partial charge on any atom is 0.216 e. The number of aryl methyl sites for hydroxylation is 2. The summed E-state index contributed by atoms with van der Waals surface area (Å²) in [7, 11) is 2.03. The van der Waals surface area contributed by atoms with Gasteiger partial charge in [-0.25, -0.2) is 4.57 Å². The van der Waals surface area contributed by atoms with Crippen LogP contribution in [0.3, 0.4) is 0 Å². The Kier molecular flexibility index (Phi) is 5.70. The third kappa shape index (κ3) is 4.56. The molecule has 0 bridgehead atoms. The molecule has 0 N–H and O–H groups in total. The lowest BCUT2D eigenvalue weighted by atomic mass is 9.87. The third-order valence-corrected chi connectivity index (χ3v) is 7.34. The number of hydrogen-bond acceptors (Lipinski definition) is 2. The molecule has 0 fully saturated rings. The van der Waals surface area contributed by atoms with Crippen molar-refractivity contribution in [2.75, 3.05) is 0 Å². The zero-order chi connectivity index (χ0) is 29.8. The van der Waals surface area contributed by atoms with Crippen molar-refractivity contribution >= 4 is 21.9 Å². The van der Waals surface area contributed by atoms with Crippen LogP contribution >= 0.6 is 0 Å². The average Bonchev–Trinajstić information content (AvgIpc) is 3.35. The van der Waals surface area contributed by atoms with Crippen LogP contribution in [0, 0.1) is 23.7 Å². The Bertz CT molecular complexity index is 2010. The summed E-state index contributed by atoms with van der Waals surface area (Å²) < 4.78 is 26.1. The highest BCUT2D eigenvalue weighted by molar-refractivity contribution is 6.14. The van der Waals surface area contributed by atoms with Crippen molar-refractivity contribution in [3.05, 3.63) is 114 Å². The summed E-state index contributed by atoms with van der Waals surface area (Å²) >= 11 is 0. The molecule has 2 aromatic heterocycles. The van der Waals surface area contributed by atoms with Gasteiger partial charge in [-0.3, -0.25) is 0 Å². The SMILES string of the molecule is [2H]C([2H])(c1ccc(-c2cc[n+](C)c(-c3c(C)ccc4c3oc3c(-c5ccccc5)c(C#N)ccc34)c2)cc1)C(C)(C)C. The molecule has 0 aliphatic rings. The highest BCUT2D eigenvalue weighted by Gasteiger charge is 2.23. The number of benzene rings is 4. The van der Waals surface area contributed by atoms with E-state index in [0.717, 1.165) is 55.4 Å². The second kappa shape index (κ2) is 9.81. The summed E-state index contributed by atoms with van der Waals surface area (Å²) in [4.78, 5) is 0. The van der Waals surface area contributed by atoms with E-state index in [0.29, 0.717) is 16.7 Å². The van der Waals surface area contributed by atoms with Gasteiger partial charge in [-0.05, 0) is 58.7 Å². The number of pyridine rings is 1. The minimum absolute atomic E-state index is 0.515. The Hall–Kier alpha value is -4.68. The van der Waals surface area contributed by atoms with E-state index in [1.807, 2.05) is 94.5 Å². The van der Waals surface area contributed by atoms with Crippen LogP contribution in [0.15, 0.2) is 102 Å². The first-order valence-electron chi connectivity index (χ1n) is 14.6. The number of furan rings is 1. The Labute approximate surface area is 238 Å². The smallest absolute Gasteiger partial charge is 0.216 e. The number of fused-ring (bicyclic) bond motifs is 3. The van der Waals surface area contributed by atoms with Crippen molar-refractivity contribution in [1.82, 2.24) is 0 Å². The highest BCUT2D eigenvalue weighted by atomic mass is 16.3. The van der Waals surface area contributed by atoms with Gasteiger partial charge in [-0.1, -0.05) is 87.5 Å². The molecular weight excluding hydrogens is 488 g/mol. The summed E-state index contributed by atoms with van der Waals surface area (Å²) in [6, 6.07) is 32.4. The van der Waals surface area contributed by atoms with Crippen molar-refractivity contribution in [1.29, 1.82) is 5.26 Å². The monoisotopic (exact) mass is 523 g/mol. The molecule has 0 saturated heterocycles. The Morgan fingerprint density at radius 1 is 0.800 bits per heavy atom. The van der Waals surface area contributed by atoms with E-state index in [-0.39, 0.29) is 0 Å². The maximum atomic E-state index is 9.95. The van der Waals surface area contributed by atoms with Gasteiger partial charge >= 0.3 is 0 Å². The number of aromatic nitrogens is 1. The zero-order valence-corrected chi connectivity index (χ0v) is 23.5. The molecule has 196 valence electrons. The Balaban J connectivity index is 1.54. The zero-order valence-electron chi connectivity index (χ0n) is 25.5. The lowest BCUT2D eigenvalue weighted by molar-refractivity contribution is -0.660. The van der Waals surface area contributed by atoms with Crippen molar-refractivity contribution in [2.45, 2.75) is 34.1 Å². The summed E-state index contributed by atoms with van der Waals surface area (Å²) in [5.41, 5.74) is 9.16. The van der Waals surface area contributed by atoms with Gasteiger partial charge < -0.3 is 4.42 Å². The fourth-order valence-corrected chi connectivity index (χ4v) is 5.48. The second-order valence-corrected chi connectivity index (χ2v) is 11.4. The first-order valence-corrected chi connectivity index (χ1v) is 13.6. The van der Waals surface area contributed by atoms with Crippen LogP contribution in [0.1, 0.15) is 40.2 Å². The molecule has 40 heavy (non-hydrogen) atoms. The molecule has 0 radical (unpaired) electrons. The predicted octanol–water partition coefficient (Wildman–Crippen LogP) is 9.18. The van der Waals surface area contributed by atoms with Crippen LogP contribution in [-0.2, 0) is 13.4 Å². The second-order valence-electron chi connectivity index (χ2n) is 11.4. The van der Waals surface area contributed by atoms with Crippen molar-refractivity contribution in [3.8, 4) is 39.6 Å². The molecule has 0 spiro atoms. The van der Waals surface area contributed by atoms with E-state index in [1.165, 1.54) is 0 Å². The van der Waals surface area contributed by atoms with Crippen LogP contribution in [0.2, 0.25) is 0 Å². The van der Waals surface area contributed by atoms with Crippen LogP contribution in [0.4, 0.5) is 0 Å². The molecule has 2 heterocycles. The molecule has 0 unspecified atom stereocenters. The molecule has 0 aliphatic heterocycles. The highest BCUT2D eigenvalue weighted by Crippen LogP contribution is 2.42. The quantitative estimate of drug-likeness (QED) is 0.216. The third-order valence-electron chi connectivity index (χ3n) is 7.34. The number of nitriles is 1. The molecule has 3 heteroatoms. The molecule has 0 saturated carbocycles. The molecule has 6 rings (SSSR count). The van der Waals surface area contributed by atoms with E-state index < -0.39 is 11.8 Å². The largest absolute Gasteiger partial charge is 0.454 e. The number of rotatable bonds is 4. The standard InChI is InChI=1S/C37H33N2O/c1-24-11-17-30-31-18-16-29(23-38)34(27-9-7-6-8-10-27)36(31)40-35(30)33(24)32-21-28(19-20-39(32)5)26-14-12-25(13-15-26)22-37(2,3)4/h6-21H,22H2,1-5H3/q+1/i22D2. The molecule has 0 atom stereocenters. The summed E-state index contributed by atoms with van der Waals surface area (Å²) in [6.45, 7) is 7.87. The Morgan fingerprint density at radius 2 is 1.48 bits per heavy atom. The number of hydrogen-bond donors (Lipinski definition) is 0. The normalized spacial score (nSPS) is 12.8. The molecule has 0 amide bonds. The van der Waals surface area contributed by atoms with Crippen molar-refractivity contribution in [3.63, 3.8) is 0 Å². The van der Waals surface area contributed by atoms with Crippen molar-refractivity contribution in [2.24, 2.45) is 12.5 Å². The fourth-order valence-electron chi connectivity index (χ4n) is 5.48. The van der Waals surface area contributed by atoms with Gasteiger partial charge in [0.25, 0.3) is 0 Å². The first kappa shape index (κ1) is 23.2. The first-order chi connectivity index (χ1) is 20.0. The van der Waals surface area contributed by atoms with Gasteiger partial charge in [0, 0.05) is 31.2 Å². The lowest BCUT2D eigenvalue weighted by Gasteiger charge is -2.18. The minimum Gasteiger partial charge on any atom is -0.454 e. The molecule has 3 nitrogen and oxygen atoms in total. The van der Waals surface area contributed by atoms with Crippen LogP contribution in [0.5, 0.6) is 0 Å². The van der Waals surface area contributed by atoms with Gasteiger partial charge in [0.2, 0.25) is 5.69 Å². The van der Waals surface area contributed by atoms with Crippen LogP contribution in [0.25, 0.3) is 55.4 Å². The number of nitrogens with zero attached hydrogens (tertiary/aromatic N) is 2. The summed E-state index contributed by atoms with van der Waals surface area (Å²) in [5.74, 6) is 0. The van der Waals surface area contributed by atoms with E-state index in [9.17, 15) is 5.26 Å². The molecule has 4 aromatic carbocycles. The topological polar surface area (TPSA) is 40.8 Å². The van der Waals surface area contributed by atoms with E-state index in [2.05, 4.69) is 48.0 Å². The minimum atomic E-state index is -1.45.